The van der Waals surface area contributed by atoms with Crippen LogP contribution in [0, 0.1) is 39.6 Å². The standard InChI is InChI=1S/C75H69N4OSi.Pt/c1-48-49(2)69(51-25-15-13-16-26-51)71(70(50(48)3)52-41-54(74(7,8)9)43-55(42-52)75(10,11)12)78-47-77(62-33-20-21-34-63(62)78)56-27-23-28-57(45-56)80-58-37-38-67-65(46-58)79(68-44-53(39-40-76-68)73(4,5)6)64-35-24-32-61-60-31-19-22-36-66(60)81(67,72(61)64)59-29-17-14-18-30-59;/h13-44,47H,1-12H3;/q-3;/i13D,15D,16D,25D,26D;. The van der Waals surface area contributed by atoms with Gasteiger partial charge in [-0.2, -0.15) is 12.1 Å². The Kier molecular flexibility index (Phi) is 12.1. The van der Waals surface area contributed by atoms with Gasteiger partial charge in [-0.15, -0.1) is 47.9 Å². The monoisotopic (exact) mass is 1270 g/mol. The molecule has 3 aliphatic rings. The molecule has 0 saturated carbocycles. The zero-order chi connectivity index (χ0) is 60.7. The minimum Gasteiger partial charge on any atom is -0.509 e. The van der Waals surface area contributed by atoms with Gasteiger partial charge >= 0.3 is 0 Å². The van der Waals surface area contributed by atoms with Crippen LogP contribution in [0.2, 0.25) is 0 Å². The second-order valence-electron chi connectivity index (χ2n) is 25.1. The molecular formula is C75H69N4OPtSi-3. The summed E-state index contributed by atoms with van der Waals surface area (Å²) in [6.07, 6.45) is 1.92. The van der Waals surface area contributed by atoms with E-state index in [0.717, 1.165) is 56.4 Å². The van der Waals surface area contributed by atoms with E-state index in [1.54, 1.807) is 0 Å². The maximum Gasteiger partial charge on any atom is 0.135 e. The molecule has 1 atom stereocenters. The fraction of sp³-hybridized carbons (Fsp3) is 0.200. The Morgan fingerprint density at radius 3 is 1.82 bits per heavy atom. The molecule has 0 fully saturated rings. The van der Waals surface area contributed by atoms with Crippen molar-refractivity contribution in [3.63, 3.8) is 0 Å². The molecule has 82 heavy (non-hydrogen) atoms. The van der Waals surface area contributed by atoms with E-state index in [9.17, 15) is 2.74 Å². The van der Waals surface area contributed by atoms with Crippen LogP contribution in [0.4, 0.5) is 39.9 Å². The van der Waals surface area contributed by atoms with Crippen molar-refractivity contribution in [2.75, 3.05) is 14.7 Å². The van der Waals surface area contributed by atoms with Crippen LogP contribution in [0.3, 0.4) is 0 Å². The Bertz CT molecular complexity index is 4390. The number of anilines is 7. The second kappa shape index (κ2) is 20.3. The van der Waals surface area contributed by atoms with Gasteiger partial charge < -0.3 is 19.4 Å². The van der Waals surface area contributed by atoms with E-state index >= 15 is 0 Å². The van der Waals surface area contributed by atoms with E-state index in [0.29, 0.717) is 28.4 Å². The SMILES string of the molecule is [2H]c1c([2H])c([2H])c(-c2c(C)c(C)c(C)c(-c3cc(C(C)(C)C)cc(C(C)(C)C)c3)c2N2[CH-]N(c3[c-]c(Oc4[c-]c5c(cc4)[Si]4(c6ccccc6)c6ccccc6-c6cccc(c64)N5c4cc(C(C)(C)C)ccn4)ccc3)c3ccccc32)c([2H])c1[2H].[Pt]. The van der Waals surface area contributed by atoms with Gasteiger partial charge in [0.25, 0.3) is 0 Å². The van der Waals surface area contributed by atoms with Crippen molar-refractivity contribution in [2.24, 2.45) is 0 Å². The largest absolute Gasteiger partial charge is 0.509 e. The third kappa shape index (κ3) is 8.87. The van der Waals surface area contributed by atoms with E-state index in [2.05, 4.69) is 230 Å². The second-order valence-corrected chi connectivity index (χ2v) is 28.7. The Balaban J connectivity index is 0.00000739. The summed E-state index contributed by atoms with van der Waals surface area (Å²) in [6.45, 7) is 28.4. The predicted octanol–water partition coefficient (Wildman–Crippen LogP) is 17.2. The molecule has 412 valence electrons. The molecule has 7 heteroatoms. The van der Waals surface area contributed by atoms with Gasteiger partial charge in [0.2, 0.25) is 0 Å². The molecule has 5 nitrogen and oxygen atoms in total. The first-order valence-corrected chi connectivity index (χ1v) is 30.1. The number of rotatable bonds is 8. The maximum absolute atomic E-state index is 9.54. The minimum absolute atomic E-state index is 0. The molecule has 10 aromatic rings. The molecule has 0 bridgehead atoms. The van der Waals surface area contributed by atoms with E-state index in [4.69, 9.17) is 13.8 Å². The van der Waals surface area contributed by atoms with Crippen molar-refractivity contribution in [2.45, 2.75) is 99.3 Å². The van der Waals surface area contributed by atoms with Gasteiger partial charge in [-0.25, -0.2) is 4.98 Å². The first-order valence-electron chi connectivity index (χ1n) is 30.6. The van der Waals surface area contributed by atoms with Crippen LogP contribution in [-0.2, 0) is 37.3 Å². The van der Waals surface area contributed by atoms with Crippen molar-refractivity contribution in [3.8, 4) is 44.9 Å². The number of para-hydroxylation sites is 2. The summed E-state index contributed by atoms with van der Waals surface area (Å²) in [6, 6.07) is 62.2. The van der Waals surface area contributed by atoms with Crippen molar-refractivity contribution in [1.29, 1.82) is 0 Å². The Morgan fingerprint density at radius 1 is 0.524 bits per heavy atom. The molecule has 4 heterocycles. The van der Waals surface area contributed by atoms with Gasteiger partial charge in [0.05, 0.1) is 6.85 Å². The molecule has 9 aromatic carbocycles. The number of ether oxygens (including phenoxy) is 1. The number of hydrogen-bond donors (Lipinski definition) is 0. The van der Waals surface area contributed by atoms with Crippen LogP contribution >= 0.6 is 0 Å². The number of aromatic nitrogens is 1. The Labute approximate surface area is 508 Å². The van der Waals surface area contributed by atoms with Crippen LogP contribution in [0.1, 0.15) is 103 Å². The molecule has 0 amide bonds. The third-order valence-corrected chi connectivity index (χ3v) is 21.9. The summed E-state index contributed by atoms with van der Waals surface area (Å²) in [5.74, 6) is 1.82. The van der Waals surface area contributed by atoms with Gasteiger partial charge in [-0.1, -0.05) is 200 Å². The molecule has 13 rings (SSSR count). The summed E-state index contributed by atoms with van der Waals surface area (Å²) in [7, 11) is -2.96. The molecule has 0 radical (unpaired) electrons. The summed E-state index contributed by atoms with van der Waals surface area (Å²) >= 11 is 0. The van der Waals surface area contributed by atoms with Crippen molar-refractivity contribution in [1.82, 2.24) is 4.98 Å². The summed E-state index contributed by atoms with van der Waals surface area (Å²) in [5.41, 5.74) is 16.0. The molecule has 0 N–H and O–H groups in total. The van der Waals surface area contributed by atoms with Crippen LogP contribution in [-0.4, -0.2) is 13.1 Å². The molecule has 3 aliphatic heterocycles. The maximum atomic E-state index is 9.54. The molecule has 0 saturated heterocycles. The summed E-state index contributed by atoms with van der Waals surface area (Å²) in [5, 5.41) is 5.20. The summed E-state index contributed by atoms with van der Waals surface area (Å²) in [4.78, 5) is 11.7. The van der Waals surface area contributed by atoms with Gasteiger partial charge in [0.15, 0.2) is 0 Å². The number of nitrogens with zero attached hydrogens (tertiary/aromatic N) is 4. The smallest absolute Gasteiger partial charge is 0.135 e. The van der Waals surface area contributed by atoms with Crippen molar-refractivity contribution < 1.29 is 32.7 Å². The van der Waals surface area contributed by atoms with Crippen LogP contribution in [0.25, 0.3) is 33.4 Å². The van der Waals surface area contributed by atoms with E-state index in [-0.39, 0.29) is 67.0 Å². The molecule has 0 spiro atoms. The van der Waals surface area contributed by atoms with Gasteiger partial charge in [0, 0.05) is 72.6 Å². The normalized spacial score (nSPS) is 16.0. The molecule has 1 unspecified atom stereocenters. The van der Waals surface area contributed by atoms with Gasteiger partial charge in [-0.3, -0.25) is 0 Å². The average Bonchev–Trinajstić information content (AvgIpc) is 1.57. The van der Waals surface area contributed by atoms with Crippen LogP contribution < -0.4 is 40.2 Å². The zero-order valence-electron chi connectivity index (χ0n) is 53.7. The van der Waals surface area contributed by atoms with Crippen LogP contribution in [0.15, 0.2) is 194 Å². The van der Waals surface area contributed by atoms with Gasteiger partial charge in [0.1, 0.15) is 13.9 Å². The molecular weight excluding hydrogens is 1200 g/mol. The van der Waals surface area contributed by atoms with Crippen LogP contribution in [0.5, 0.6) is 11.5 Å². The third-order valence-electron chi connectivity index (χ3n) is 17.0. The van der Waals surface area contributed by atoms with E-state index < -0.39 is 14.1 Å². The Hall–Kier alpha value is -7.76. The number of hydrogen-bond acceptors (Lipinski definition) is 5. The quantitative estimate of drug-likeness (QED) is 0.112. The first kappa shape index (κ1) is 48.9. The average molecular weight is 1270 g/mol. The van der Waals surface area contributed by atoms with Crippen molar-refractivity contribution in [3.05, 3.63) is 246 Å². The topological polar surface area (TPSA) is 31.8 Å². The molecule has 1 aromatic heterocycles. The fourth-order valence-electron chi connectivity index (χ4n) is 12.6. The van der Waals surface area contributed by atoms with E-state index in [1.165, 1.54) is 48.6 Å². The number of benzene rings is 9. The molecule has 0 aliphatic carbocycles. The Morgan fingerprint density at radius 2 is 1.12 bits per heavy atom. The van der Waals surface area contributed by atoms with Gasteiger partial charge in [-0.05, 0) is 133 Å². The van der Waals surface area contributed by atoms with E-state index in [1.807, 2.05) is 50.1 Å². The fourth-order valence-corrected chi connectivity index (χ4v) is 18.1. The number of fused-ring (bicyclic) bond motifs is 6. The summed E-state index contributed by atoms with van der Waals surface area (Å²) < 4.78 is 52.8. The predicted molar refractivity (Wildman–Crippen MR) is 342 cm³/mol. The first-order chi connectivity index (χ1) is 40.9. The number of pyridine rings is 1. The van der Waals surface area contributed by atoms with Crippen molar-refractivity contribution >= 4 is 68.8 Å². The zero-order valence-corrected chi connectivity index (χ0v) is 52.0. The minimum atomic E-state index is -2.96.